The Kier molecular flexibility index (Phi) is 3.08. The Morgan fingerprint density at radius 2 is 1.93 bits per heavy atom. The normalized spacial score (nSPS) is 30.7. The molecule has 0 unspecified atom stereocenters. The van der Waals surface area contributed by atoms with E-state index >= 15 is 0 Å². The standard InChI is InChI=1S/C13H18O2/c1-14-12-9-6-10-13(12,15-2)11-7-4-3-5-8-11/h3-5,7-8,12H,6,9-10H2,1-2H3/t12-,13-/m1/s1. The molecule has 0 aliphatic heterocycles. The van der Waals surface area contributed by atoms with Gasteiger partial charge in [0.1, 0.15) is 5.60 Å². The summed E-state index contributed by atoms with van der Waals surface area (Å²) in [5.41, 5.74) is 1.01. The maximum Gasteiger partial charge on any atom is 0.119 e. The molecule has 1 fully saturated rings. The molecule has 1 aromatic rings. The Morgan fingerprint density at radius 3 is 2.53 bits per heavy atom. The Balaban J connectivity index is 2.36. The van der Waals surface area contributed by atoms with E-state index in [4.69, 9.17) is 9.47 Å². The van der Waals surface area contributed by atoms with Crippen molar-refractivity contribution in [2.24, 2.45) is 0 Å². The fourth-order valence-corrected chi connectivity index (χ4v) is 2.65. The molecule has 0 amide bonds. The van der Waals surface area contributed by atoms with Crippen LogP contribution in [-0.4, -0.2) is 20.3 Å². The highest BCUT2D eigenvalue weighted by Crippen LogP contribution is 2.43. The number of methoxy groups -OCH3 is 2. The monoisotopic (exact) mass is 206 g/mol. The molecule has 0 bridgehead atoms. The van der Waals surface area contributed by atoms with Crippen LogP contribution < -0.4 is 0 Å². The molecule has 0 N–H and O–H groups in total. The molecular formula is C13H18O2. The average Bonchev–Trinajstić information content (AvgIpc) is 2.74. The lowest BCUT2D eigenvalue weighted by molar-refractivity contribution is -0.104. The second-order valence-corrected chi connectivity index (χ2v) is 4.08. The van der Waals surface area contributed by atoms with Gasteiger partial charge in [-0.3, -0.25) is 0 Å². The summed E-state index contributed by atoms with van der Waals surface area (Å²) in [6.07, 6.45) is 3.48. The van der Waals surface area contributed by atoms with E-state index < -0.39 is 0 Å². The minimum absolute atomic E-state index is 0.185. The molecule has 2 rings (SSSR count). The van der Waals surface area contributed by atoms with Crippen LogP contribution in [0.4, 0.5) is 0 Å². The molecule has 1 aliphatic rings. The van der Waals surface area contributed by atoms with E-state index in [1.165, 1.54) is 12.0 Å². The molecule has 15 heavy (non-hydrogen) atoms. The number of hydrogen-bond acceptors (Lipinski definition) is 2. The summed E-state index contributed by atoms with van der Waals surface area (Å²) in [6, 6.07) is 10.4. The molecule has 0 heterocycles. The molecule has 0 saturated heterocycles. The summed E-state index contributed by atoms with van der Waals surface area (Å²) >= 11 is 0. The van der Waals surface area contributed by atoms with Crippen molar-refractivity contribution in [2.45, 2.75) is 31.0 Å². The molecule has 0 aromatic heterocycles. The van der Waals surface area contributed by atoms with Crippen molar-refractivity contribution in [1.29, 1.82) is 0 Å². The Bertz CT molecular complexity index is 310. The summed E-state index contributed by atoms with van der Waals surface area (Å²) in [5, 5.41) is 0. The lowest BCUT2D eigenvalue weighted by Gasteiger charge is -2.33. The van der Waals surface area contributed by atoms with Crippen molar-refractivity contribution in [2.75, 3.05) is 14.2 Å². The van der Waals surface area contributed by atoms with E-state index in [0.717, 1.165) is 12.8 Å². The molecule has 2 atom stereocenters. The minimum Gasteiger partial charge on any atom is -0.378 e. The van der Waals surface area contributed by atoms with E-state index in [1.54, 1.807) is 14.2 Å². The Hall–Kier alpha value is -0.860. The van der Waals surface area contributed by atoms with Gasteiger partial charge in [-0.25, -0.2) is 0 Å². The van der Waals surface area contributed by atoms with Crippen molar-refractivity contribution in [3.63, 3.8) is 0 Å². The van der Waals surface area contributed by atoms with Gasteiger partial charge in [0.15, 0.2) is 0 Å². The average molecular weight is 206 g/mol. The zero-order chi connectivity index (χ0) is 10.7. The second kappa shape index (κ2) is 4.33. The topological polar surface area (TPSA) is 18.5 Å². The highest BCUT2D eigenvalue weighted by Gasteiger charge is 2.44. The maximum atomic E-state index is 5.76. The first-order valence-electron chi connectivity index (χ1n) is 5.47. The predicted octanol–water partition coefficient (Wildman–Crippen LogP) is 2.73. The van der Waals surface area contributed by atoms with E-state index in [9.17, 15) is 0 Å². The van der Waals surface area contributed by atoms with Crippen LogP contribution >= 0.6 is 0 Å². The van der Waals surface area contributed by atoms with Crippen molar-refractivity contribution in [1.82, 2.24) is 0 Å². The third kappa shape index (κ3) is 1.68. The van der Waals surface area contributed by atoms with Gasteiger partial charge in [0, 0.05) is 14.2 Å². The van der Waals surface area contributed by atoms with Gasteiger partial charge < -0.3 is 9.47 Å². The molecule has 2 heteroatoms. The second-order valence-electron chi connectivity index (χ2n) is 4.08. The van der Waals surface area contributed by atoms with E-state index in [2.05, 4.69) is 24.3 Å². The van der Waals surface area contributed by atoms with Crippen molar-refractivity contribution in [3.05, 3.63) is 35.9 Å². The molecule has 1 aliphatic carbocycles. The highest BCUT2D eigenvalue weighted by molar-refractivity contribution is 5.25. The van der Waals surface area contributed by atoms with E-state index in [-0.39, 0.29) is 11.7 Å². The molecule has 1 aromatic carbocycles. The van der Waals surface area contributed by atoms with Crippen molar-refractivity contribution in [3.8, 4) is 0 Å². The number of ether oxygens (including phenoxy) is 2. The van der Waals surface area contributed by atoms with Crippen LogP contribution in [0.15, 0.2) is 30.3 Å². The lowest BCUT2D eigenvalue weighted by atomic mass is 9.90. The van der Waals surface area contributed by atoms with Crippen LogP contribution in [0.2, 0.25) is 0 Å². The summed E-state index contributed by atoms with van der Waals surface area (Å²) in [5.74, 6) is 0. The van der Waals surface area contributed by atoms with E-state index in [1.807, 2.05) is 6.07 Å². The zero-order valence-corrected chi connectivity index (χ0v) is 9.40. The summed E-state index contributed by atoms with van der Waals surface area (Å²) in [7, 11) is 3.55. The number of hydrogen-bond donors (Lipinski definition) is 0. The van der Waals surface area contributed by atoms with Gasteiger partial charge >= 0.3 is 0 Å². The first-order valence-corrected chi connectivity index (χ1v) is 5.47. The molecule has 82 valence electrons. The van der Waals surface area contributed by atoms with Gasteiger partial charge in [0.25, 0.3) is 0 Å². The summed E-state index contributed by atoms with van der Waals surface area (Å²) in [6.45, 7) is 0. The molecule has 1 saturated carbocycles. The van der Waals surface area contributed by atoms with Crippen LogP contribution in [0.5, 0.6) is 0 Å². The van der Waals surface area contributed by atoms with Gasteiger partial charge in [-0.15, -0.1) is 0 Å². The Morgan fingerprint density at radius 1 is 1.20 bits per heavy atom. The minimum atomic E-state index is -0.226. The first-order chi connectivity index (χ1) is 7.33. The number of benzene rings is 1. The van der Waals surface area contributed by atoms with Crippen molar-refractivity contribution < 1.29 is 9.47 Å². The molecule has 0 radical (unpaired) electrons. The highest BCUT2D eigenvalue weighted by atomic mass is 16.5. The third-order valence-corrected chi connectivity index (χ3v) is 3.45. The SMILES string of the molecule is CO[C@@H]1CCC[C@@]1(OC)c1ccccc1. The third-order valence-electron chi connectivity index (χ3n) is 3.45. The van der Waals surface area contributed by atoms with Gasteiger partial charge in [-0.2, -0.15) is 0 Å². The largest absolute Gasteiger partial charge is 0.378 e. The van der Waals surface area contributed by atoms with Crippen LogP contribution in [-0.2, 0) is 15.1 Å². The van der Waals surface area contributed by atoms with Gasteiger partial charge in [-0.1, -0.05) is 30.3 Å². The van der Waals surface area contributed by atoms with Gasteiger partial charge in [-0.05, 0) is 24.8 Å². The fraction of sp³-hybridized carbons (Fsp3) is 0.538. The summed E-state index contributed by atoms with van der Waals surface area (Å²) < 4.78 is 11.3. The number of rotatable bonds is 3. The molecular weight excluding hydrogens is 188 g/mol. The van der Waals surface area contributed by atoms with Crippen LogP contribution in [0.1, 0.15) is 24.8 Å². The van der Waals surface area contributed by atoms with Crippen LogP contribution in [0, 0.1) is 0 Å². The Labute approximate surface area is 91.2 Å². The van der Waals surface area contributed by atoms with Gasteiger partial charge in [0.2, 0.25) is 0 Å². The van der Waals surface area contributed by atoms with Crippen LogP contribution in [0.3, 0.4) is 0 Å². The lowest BCUT2D eigenvalue weighted by Crippen LogP contribution is -2.37. The first kappa shape index (κ1) is 10.7. The van der Waals surface area contributed by atoms with Crippen LogP contribution in [0.25, 0.3) is 0 Å². The summed E-state index contributed by atoms with van der Waals surface area (Å²) in [4.78, 5) is 0. The molecule has 2 nitrogen and oxygen atoms in total. The predicted molar refractivity (Wildman–Crippen MR) is 59.8 cm³/mol. The van der Waals surface area contributed by atoms with E-state index in [0.29, 0.717) is 0 Å². The van der Waals surface area contributed by atoms with Crippen molar-refractivity contribution >= 4 is 0 Å². The fourth-order valence-electron chi connectivity index (χ4n) is 2.65. The maximum absolute atomic E-state index is 5.76. The quantitative estimate of drug-likeness (QED) is 0.757. The smallest absolute Gasteiger partial charge is 0.119 e. The zero-order valence-electron chi connectivity index (χ0n) is 9.40. The van der Waals surface area contributed by atoms with Gasteiger partial charge in [0.05, 0.1) is 6.10 Å². The molecule has 0 spiro atoms.